The van der Waals surface area contributed by atoms with Gasteiger partial charge in [0.15, 0.2) is 0 Å². The smallest absolute Gasteiger partial charge is 0.274 e. The highest BCUT2D eigenvalue weighted by Crippen LogP contribution is 2.21. The van der Waals surface area contributed by atoms with E-state index in [9.17, 15) is 4.79 Å². The van der Waals surface area contributed by atoms with Crippen LogP contribution in [0.4, 0.5) is 11.4 Å². The molecule has 0 aliphatic carbocycles. The van der Waals surface area contributed by atoms with Gasteiger partial charge in [0.1, 0.15) is 5.69 Å². The van der Waals surface area contributed by atoms with Gasteiger partial charge in [0.2, 0.25) is 0 Å². The van der Waals surface area contributed by atoms with E-state index in [2.05, 4.69) is 29.0 Å². The predicted molar refractivity (Wildman–Crippen MR) is 96.4 cm³/mol. The fourth-order valence-electron chi connectivity index (χ4n) is 2.37. The van der Waals surface area contributed by atoms with Gasteiger partial charge in [-0.1, -0.05) is 37.6 Å². The van der Waals surface area contributed by atoms with Gasteiger partial charge in [-0.15, -0.1) is 0 Å². The van der Waals surface area contributed by atoms with Crippen molar-refractivity contribution in [2.24, 2.45) is 0 Å². The summed E-state index contributed by atoms with van der Waals surface area (Å²) in [6.07, 6.45) is 3.91. The lowest BCUT2D eigenvalue weighted by Gasteiger charge is -2.23. The highest BCUT2D eigenvalue weighted by molar-refractivity contribution is 6.33. The number of hydrogen-bond acceptors (Lipinski definition) is 3. The second-order valence-corrected chi connectivity index (χ2v) is 5.73. The van der Waals surface area contributed by atoms with Gasteiger partial charge in [0.05, 0.1) is 22.6 Å². The number of rotatable bonds is 7. The third kappa shape index (κ3) is 4.70. The molecule has 1 N–H and O–H groups in total. The summed E-state index contributed by atoms with van der Waals surface area (Å²) in [6.45, 7) is 6.28. The summed E-state index contributed by atoms with van der Waals surface area (Å²) in [5.41, 5.74) is 2.01. The minimum absolute atomic E-state index is 0.262. The Hall–Kier alpha value is -2.07. The number of pyridine rings is 1. The zero-order valence-electron chi connectivity index (χ0n) is 13.6. The van der Waals surface area contributed by atoms with Crippen molar-refractivity contribution in [1.82, 2.24) is 4.98 Å². The number of halogens is 1. The molecule has 1 aromatic heterocycles. The van der Waals surface area contributed by atoms with Crippen molar-refractivity contribution in [1.29, 1.82) is 0 Å². The van der Waals surface area contributed by atoms with Crippen LogP contribution in [0.3, 0.4) is 0 Å². The average Bonchev–Trinajstić information content (AvgIpc) is 2.57. The lowest BCUT2D eigenvalue weighted by Crippen LogP contribution is -2.25. The van der Waals surface area contributed by atoms with Crippen LogP contribution < -0.4 is 10.2 Å². The Morgan fingerprint density at radius 3 is 2.39 bits per heavy atom. The van der Waals surface area contributed by atoms with Crippen LogP contribution in [0.1, 0.15) is 37.2 Å². The molecule has 5 heteroatoms. The SMILES string of the molecule is CCCN(CCC)c1ccc(C(=O)Nc2ccccc2Cl)nc1. The summed E-state index contributed by atoms with van der Waals surface area (Å²) in [5.74, 6) is -0.262. The first-order valence-electron chi connectivity index (χ1n) is 7.92. The molecular formula is C18H22ClN3O. The Morgan fingerprint density at radius 2 is 1.83 bits per heavy atom. The summed E-state index contributed by atoms with van der Waals surface area (Å²) < 4.78 is 0. The molecule has 1 heterocycles. The fraction of sp³-hybridized carbons (Fsp3) is 0.333. The van der Waals surface area contributed by atoms with Crippen LogP contribution in [-0.4, -0.2) is 24.0 Å². The minimum atomic E-state index is -0.262. The number of anilines is 2. The number of aromatic nitrogens is 1. The monoisotopic (exact) mass is 331 g/mol. The van der Waals surface area contributed by atoms with E-state index in [1.54, 1.807) is 24.4 Å². The van der Waals surface area contributed by atoms with Gasteiger partial charge >= 0.3 is 0 Å². The Morgan fingerprint density at radius 1 is 1.13 bits per heavy atom. The highest BCUT2D eigenvalue weighted by atomic mass is 35.5. The van der Waals surface area contributed by atoms with Crippen LogP contribution in [-0.2, 0) is 0 Å². The van der Waals surface area contributed by atoms with Crippen LogP contribution in [0.2, 0.25) is 5.02 Å². The molecule has 0 aliphatic rings. The summed E-state index contributed by atoms with van der Waals surface area (Å²) >= 11 is 6.05. The van der Waals surface area contributed by atoms with Gasteiger partial charge in [0.25, 0.3) is 5.91 Å². The Labute approximate surface area is 142 Å². The highest BCUT2D eigenvalue weighted by Gasteiger charge is 2.11. The molecule has 2 rings (SSSR count). The number of amides is 1. The molecule has 0 spiro atoms. The standard InChI is InChI=1S/C18H22ClN3O/c1-3-11-22(12-4-2)14-9-10-17(20-13-14)18(23)21-16-8-6-5-7-15(16)19/h5-10,13H,3-4,11-12H2,1-2H3,(H,21,23). The van der Waals surface area contributed by atoms with Crippen molar-refractivity contribution in [3.63, 3.8) is 0 Å². The molecule has 0 unspecified atom stereocenters. The molecule has 1 amide bonds. The topological polar surface area (TPSA) is 45.2 Å². The second-order valence-electron chi connectivity index (χ2n) is 5.32. The quantitative estimate of drug-likeness (QED) is 0.805. The van der Waals surface area contributed by atoms with Gasteiger partial charge in [-0.2, -0.15) is 0 Å². The van der Waals surface area contributed by atoms with Gasteiger partial charge in [0, 0.05) is 13.1 Å². The lowest BCUT2D eigenvalue weighted by molar-refractivity contribution is 0.102. The number of hydrogen-bond donors (Lipinski definition) is 1. The van der Waals surface area contributed by atoms with Crippen LogP contribution in [0.5, 0.6) is 0 Å². The zero-order valence-corrected chi connectivity index (χ0v) is 14.3. The van der Waals surface area contributed by atoms with Gasteiger partial charge in [-0.25, -0.2) is 4.98 Å². The molecule has 0 aliphatic heterocycles. The number of nitrogens with zero attached hydrogens (tertiary/aromatic N) is 2. The zero-order chi connectivity index (χ0) is 16.7. The first kappa shape index (κ1) is 17.3. The molecule has 0 fully saturated rings. The molecular weight excluding hydrogens is 310 g/mol. The van der Waals surface area contributed by atoms with Crippen molar-refractivity contribution in [3.8, 4) is 0 Å². The molecule has 23 heavy (non-hydrogen) atoms. The van der Waals surface area contributed by atoms with E-state index in [4.69, 9.17) is 11.6 Å². The van der Waals surface area contributed by atoms with E-state index in [1.165, 1.54) is 0 Å². The number of carbonyl (C=O) groups excluding carboxylic acids is 1. The molecule has 0 saturated heterocycles. The molecule has 2 aromatic rings. The molecule has 0 atom stereocenters. The van der Waals surface area contributed by atoms with Crippen molar-refractivity contribution in [2.75, 3.05) is 23.3 Å². The van der Waals surface area contributed by atoms with Crippen LogP contribution in [0.15, 0.2) is 42.6 Å². The Balaban J connectivity index is 2.09. The predicted octanol–water partition coefficient (Wildman–Crippen LogP) is 4.61. The van der Waals surface area contributed by atoms with Crippen molar-refractivity contribution < 1.29 is 4.79 Å². The summed E-state index contributed by atoms with van der Waals surface area (Å²) in [7, 11) is 0. The summed E-state index contributed by atoms with van der Waals surface area (Å²) in [5, 5.41) is 3.29. The summed E-state index contributed by atoms with van der Waals surface area (Å²) in [6, 6.07) is 10.8. The van der Waals surface area contributed by atoms with E-state index in [1.807, 2.05) is 18.2 Å². The van der Waals surface area contributed by atoms with E-state index in [0.717, 1.165) is 31.6 Å². The van der Waals surface area contributed by atoms with Crippen LogP contribution >= 0.6 is 11.6 Å². The number of carbonyl (C=O) groups is 1. The fourth-order valence-corrected chi connectivity index (χ4v) is 2.55. The first-order valence-corrected chi connectivity index (χ1v) is 8.30. The van der Waals surface area contributed by atoms with Crippen molar-refractivity contribution in [2.45, 2.75) is 26.7 Å². The Kier molecular flexibility index (Phi) is 6.41. The third-order valence-corrected chi connectivity index (χ3v) is 3.78. The minimum Gasteiger partial charge on any atom is -0.370 e. The van der Waals surface area contributed by atoms with E-state index in [-0.39, 0.29) is 5.91 Å². The maximum Gasteiger partial charge on any atom is 0.274 e. The van der Waals surface area contributed by atoms with Crippen molar-refractivity contribution in [3.05, 3.63) is 53.3 Å². The first-order chi connectivity index (χ1) is 11.2. The van der Waals surface area contributed by atoms with Crippen LogP contribution in [0, 0.1) is 0 Å². The average molecular weight is 332 g/mol. The largest absolute Gasteiger partial charge is 0.370 e. The molecule has 122 valence electrons. The molecule has 0 saturated carbocycles. The molecule has 4 nitrogen and oxygen atoms in total. The van der Waals surface area contributed by atoms with Crippen molar-refractivity contribution >= 4 is 28.9 Å². The Bertz CT molecular complexity index is 637. The van der Waals surface area contributed by atoms with E-state index in [0.29, 0.717) is 16.4 Å². The number of para-hydroxylation sites is 1. The van der Waals surface area contributed by atoms with Gasteiger partial charge < -0.3 is 10.2 Å². The molecule has 1 aromatic carbocycles. The maximum atomic E-state index is 12.3. The van der Waals surface area contributed by atoms with Gasteiger partial charge in [-0.05, 0) is 37.1 Å². The molecule has 0 bridgehead atoms. The normalized spacial score (nSPS) is 10.4. The number of nitrogens with one attached hydrogen (secondary N) is 1. The maximum absolute atomic E-state index is 12.3. The lowest BCUT2D eigenvalue weighted by atomic mass is 10.2. The number of benzene rings is 1. The van der Waals surface area contributed by atoms with E-state index >= 15 is 0 Å². The third-order valence-electron chi connectivity index (χ3n) is 3.45. The summed E-state index contributed by atoms with van der Waals surface area (Å²) in [4.78, 5) is 18.8. The van der Waals surface area contributed by atoms with E-state index < -0.39 is 0 Å². The van der Waals surface area contributed by atoms with Gasteiger partial charge in [-0.3, -0.25) is 4.79 Å². The molecule has 0 radical (unpaired) electrons. The second kappa shape index (κ2) is 8.53. The van der Waals surface area contributed by atoms with Crippen LogP contribution in [0.25, 0.3) is 0 Å².